The summed E-state index contributed by atoms with van der Waals surface area (Å²) in [5, 5.41) is 13.5. The number of aromatic nitrogens is 1. The summed E-state index contributed by atoms with van der Waals surface area (Å²) in [7, 11) is 0. The first-order valence-corrected chi connectivity index (χ1v) is 8.99. The third-order valence-electron chi connectivity index (χ3n) is 4.67. The lowest BCUT2D eigenvalue weighted by molar-refractivity contribution is -0.117. The van der Waals surface area contributed by atoms with Gasteiger partial charge in [-0.1, -0.05) is 6.07 Å². The summed E-state index contributed by atoms with van der Waals surface area (Å²) in [5.74, 6) is 1.66. The number of carbonyl (C=O) groups is 1. The van der Waals surface area contributed by atoms with E-state index in [2.05, 4.69) is 22.4 Å². The molecule has 1 aliphatic rings. The molecule has 1 aliphatic heterocycles. The largest absolute Gasteiger partial charge is 0.356 e. The number of ketones is 1. The molecule has 4 nitrogen and oxygen atoms in total. The highest BCUT2D eigenvalue weighted by Gasteiger charge is 2.26. The molecule has 3 heterocycles. The molecule has 5 heteroatoms. The lowest BCUT2D eigenvalue weighted by Gasteiger charge is -2.19. The number of pyridine rings is 1. The van der Waals surface area contributed by atoms with Crippen molar-refractivity contribution in [2.24, 2.45) is 5.92 Å². The van der Waals surface area contributed by atoms with Gasteiger partial charge in [0.2, 0.25) is 0 Å². The van der Waals surface area contributed by atoms with Crippen LogP contribution in [0.4, 0.5) is 5.82 Å². The number of carbonyl (C=O) groups excluding carboxylic acids is 1. The molecule has 120 valence electrons. The predicted molar refractivity (Wildman–Crippen MR) is 97.5 cm³/mol. The Morgan fingerprint density at radius 1 is 1.42 bits per heavy atom. The lowest BCUT2D eigenvalue weighted by Crippen LogP contribution is -2.21. The Hall–Kier alpha value is -2.45. The third kappa shape index (κ3) is 2.53. The van der Waals surface area contributed by atoms with E-state index in [4.69, 9.17) is 10.2 Å². The van der Waals surface area contributed by atoms with Crippen molar-refractivity contribution in [3.05, 3.63) is 35.2 Å². The number of hydrogen-bond donors (Lipinski definition) is 0. The van der Waals surface area contributed by atoms with Crippen molar-refractivity contribution in [1.82, 2.24) is 4.98 Å². The molecule has 1 unspecified atom stereocenters. The fraction of sp³-hybridized carbons (Fsp3) is 0.316. The van der Waals surface area contributed by atoms with Gasteiger partial charge in [0.1, 0.15) is 11.6 Å². The number of thiophene rings is 1. The summed E-state index contributed by atoms with van der Waals surface area (Å²) in [6.07, 6.45) is 1.68. The lowest BCUT2D eigenvalue weighted by atomic mass is 10.0. The highest BCUT2D eigenvalue weighted by atomic mass is 32.1. The minimum absolute atomic E-state index is 0.257. The molecule has 1 aromatic carbocycles. The van der Waals surface area contributed by atoms with Gasteiger partial charge in [-0.15, -0.1) is 11.3 Å². The van der Waals surface area contributed by atoms with Gasteiger partial charge in [-0.25, -0.2) is 4.98 Å². The molecule has 0 saturated carbocycles. The van der Waals surface area contributed by atoms with E-state index in [9.17, 15) is 4.79 Å². The van der Waals surface area contributed by atoms with Crippen molar-refractivity contribution in [1.29, 1.82) is 5.26 Å². The molecule has 0 aliphatic carbocycles. The van der Waals surface area contributed by atoms with E-state index in [1.165, 1.54) is 10.1 Å². The zero-order chi connectivity index (χ0) is 16.7. The summed E-state index contributed by atoms with van der Waals surface area (Å²) in [5.41, 5.74) is 1.50. The van der Waals surface area contributed by atoms with Crippen LogP contribution in [0, 0.1) is 17.2 Å². The summed E-state index contributed by atoms with van der Waals surface area (Å²) >= 11 is 1.71. The molecule has 1 fully saturated rings. The van der Waals surface area contributed by atoms with E-state index in [0.29, 0.717) is 17.9 Å². The molecule has 0 bridgehead atoms. The number of rotatable bonds is 3. The van der Waals surface area contributed by atoms with E-state index >= 15 is 0 Å². The zero-order valence-electron chi connectivity index (χ0n) is 13.5. The number of benzene rings is 1. The van der Waals surface area contributed by atoms with Gasteiger partial charge in [0, 0.05) is 35.0 Å². The third-order valence-corrected chi connectivity index (χ3v) is 5.61. The second-order valence-corrected chi connectivity index (χ2v) is 7.37. The summed E-state index contributed by atoms with van der Waals surface area (Å²) < 4.78 is 1.22. The fourth-order valence-corrected chi connectivity index (χ4v) is 4.52. The molecule has 0 N–H and O–H groups in total. The number of nitriles is 1. The average molecular weight is 335 g/mol. The van der Waals surface area contributed by atoms with Crippen LogP contribution in [0.5, 0.6) is 0 Å². The molecule has 0 spiro atoms. The standard InChI is InChI=1S/C19H17N3OS/c1-12(23)8-14-4-6-22(11-14)19-16-5-7-24-18(16)15-3-2-13(10-20)9-17(15)21-19/h2-3,5,7,9,14H,4,6,8,11H2,1H3. The van der Waals surface area contributed by atoms with Crippen molar-refractivity contribution >= 4 is 43.9 Å². The molecule has 24 heavy (non-hydrogen) atoms. The van der Waals surface area contributed by atoms with Gasteiger partial charge in [-0.05, 0) is 42.8 Å². The minimum Gasteiger partial charge on any atom is -0.356 e. The van der Waals surface area contributed by atoms with E-state index < -0.39 is 0 Å². The van der Waals surface area contributed by atoms with E-state index in [1.54, 1.807) is 18.3 Å². The maximum Gasteiger partial charge on any atom is 0.138 e. The van der Waals surface area contributed by atoms with Crippen LogP contribution < -0.4 is 4.90 Å². The first kappa shape index (κ1) is 15.1. The normalized spacial score (nSPS) is 17.5. The molecular weight excluding hydrogens is 318 g/mol. The van der Waals surface area contributed by atoms with Crippen LogP contribution in [0.2, 0.25) is 0 Å². The van der Waals surface area contributed by atoms with Crippen molar-refractivity contribution in [3.8, 4) is 6.07 Å². The Bertz CT molecular complexity index is 985. The van der Waals surface area contributed by atoms with Crippen molar-refractivity contribution < 1.29 is 4.79 Å². The number of fused-ring (bicyclic) bond motifs is 3. The highest BCUT2D eigenvalue weighted by molar-refractivity contribution is 7.18. The molecule has 1 saturated heterocycles. The Morgan fingerprint density at radius 3 is 3.08 bits per heavy atom. The predicted octanol–water partition coefficient (Wildman–Crippen LogP) is 4.13. The summed E-state index contributed by atoms with van der Waals surface area (Å²) in [4.78, 5) is 18.6. The monoisotopic (exact) mass is 335 g/mol. The minimum atomic E-state index is 0.257. The Balaban J connectivity index is 1.81. The van der Waals surface area contributed by atoms with Crippen molar-refractivity contribution in [2.75, 3.05) is 18.0 Å². The Labute approximate surface area is 144 Å². The molecule has 0 radical (unpaired) electrons. The SMILES string of the molecule is CC(=O)CC1CCN(c2nc3cc(C#N)ccc3c3sccc23)C1. The van der Waals surface area contributed by atoms with Crippen LogP contribution in [-0.4, -0.2) is 23.9 Å². The molecule has 4 rings (SSSR count). The molecule has 0 amide bonds. The molecule has 3 aromatic rings. The van der Waals surface area contributed by atoms with Crippen molar-refractivity contribution in [2.45, 2.75) is 19.8 Å². The van der Waals surface area contributed by atoms with Gasteiger partial charge in [-0.2, -0.15) is 5.26 Å². The quantitative estimate of drug-likeness (QED) is 0.722. The van der Waals surface area contributed by atoms with Gasteiger partial charge >= 0.3 is 0 Å². The number of nitrogens with zero attached hydrogens (tertiary/aromatic N) is 3. The van der Waals surface area contributed by atoms with E-state index in [1.807, 2.05) is 18.2 Å². The van der Waals surface area contributed by atoms with Crippen LogP contribution in [0.15, 0.2) is 29.6 Å². The first-order chi connectivity index (χ1) is 11.7. The molecule has 2 aromatic heterocycles. The second kappa shape index (κ2) is 5.88. The van der Waals surface area contributed by atoms with Gasteiger partial charge in [-0.3, -0.25) is 0 Å². The highest BCUT2D eigenvalue weighted by Crippen LogP contribution is 2.37. The number of hydrogen-bond acceptors (Lipinski definition) is 5. The average Bonchev–Trinajstić information content (AvgIpc) is 3.22. The Kier molecular flexibility index (Phi) is 3.70. The Morgan fingerprint density at radius 2 is 2.29 bits per heavy atom. The maximum atomic E-state index is 11.4. The fourth-order valence-electron chi connectivity index (χ4n) is 3.59. The molecule has 1 atom stereocenters. The van der Waals surface area contributed by atoms with Crippen LogP contribution >= 0.6 is 11.3 Å². The molecular formula is C19H17N3OS. The van der Waals surface area contributed by atoms with Crippen LogP contribution in [0.25, 0.3) is 21.0 Å². The van der Waals surface area contributed by atoms with E-state index in [0.717, 1.165) is 36.2 Å². The summed E-state index contributed by atoms with van der Waals surface area (Å²) in [6, 6.07) is 10.0. The second-order valence-electron chi connectivity index (χ2n) is 6.45. The van der Waals surface area contributed by atoms with Crippen LogP contribution in [-0.2, 0) is 4.79 Å². The maximum absolute atomic E-state index is 11.4. The van der Waals surface area contributed by atoms with Gasteiger partial charge in [0.15, 0.2) is 0 Å². The van der Waals surface area contributed by atoms with Crippen LogP contribution in [0.1, 0.15) is 25.3 Å². The van der Waals surface area contributed by atoms with Crippen molar-refractivity contribution in [3.63, 3.8) is 0 Å². The summed E-state index contributed by atoms with van der Waals surface area (Å²) in [6.45, 7) is 3.47. The first-order valence-electron chi connectivity index (χ1n) is 8.11. The van der Waals surface area contributed by atoms with Gasteiger partial charge < -0.3 is 9.69 Å². The topological polar surface area (TPSA) is 57.0 Å². The van der Waals surface area contributed by atoms with Gasteiger partial charge in [0.25, 0.3) is 0 Å². The van der Waals surface area contributed by atoms with Crippen LogP contribution in [0.3, 0.4) is 0 Å². The van der Waals surface area contributed by atoms with Gasteiger partial charge in [0.05, 0.1) is 17.1 Å². The smallest absolute Gasteiger partial charge is 0.138 e. The number of anilines is 1. The zero-order valence-corrected chi connectivity index (χ0v) is 14.3. The number of Topliss-reactive ketones (excluding diaryl/α,β-unsaturated/α-hetero) is 1. The van der Waals surface area contributed by atoms with E-state index in [-0.39, 0.29) is 5.78 Å².